The van der Waals surface area contributed by atoms with Gasteiger partial charge in [0.25, 0.3) is 0 Å². The lowest BCUT2D eigenvalue weighted by molar-refractivity contribution is -0.130. The van der Waals surface area contributed by atoms with Crippen LogP contribution in [0.15, 0.2) is 11.8 Å². The van der Waals surface area contributed by atoms with Crippen LogP contribution in [0.5, 0.6) is 0 Å². The molecule has 0 fully saturated rings. The van der Waals surface area contributed by atoms with Crippen molar-refractivity contribution in [3.8, 4) is 11.8 Å². The summed E-state index contributed by atoms with van der Waals surface area (Å²) in [5.74, 6) is 3.46. The number of allylic oxidation sites excluding steroid dienone is 1. The van der Waals surface area contributed by atoms with Gasteiger partial charge in [-0.3, -0.25) is 0 Å². The minimum absolute atomic E-state index is 0.493. The van der Waals surface area contributed by atoms with Crippen LogP contribution in [0.4, 0.5) is 0 Å². The molecular formula is C8H11NO2. The highest BCUT2D eigenvalue weighted by Crippen LogP contribution is 1.94. The number of hydrogen-bond donors (Lipinski definition) is 2. The summed E-state index contributed by atoms with van der Waals surface area (Å²) < 4.78 is 0. The van der Waals surface area contributed by atoms with E-state index in [0.29, 0.717) is 6.42 Å². The molecule has 0 saturated heterocycles. The monoisotopic (exact) mass is 153 g/mol. The Bertz CT molecular complexity index is 220. The van der Waals surface area contributed by atoms with Gasteiger partial charge in [-0.2, -0.15) is 0 Å². The quantitative estimate of drug-likeness (QED) is 0.571. The summed E-state index contributed by atoms with van der Waals surface area (Å²) in [5, 5.41) is 11.0. The summed E-state index contributed by atoms with van der Waals surface area (Å²) in [6.07, 6.45) is 2.28. The van der Waals surface area contributed by atoms with E-state index in [1.807, 2.05) is 12.8 Å². The molecule has 3 nitrogen and oxygen atoms in total. The van der Waals surface area contributed by atoms with Gasteiger partial charge in [-0.25, -0.2) is 4.79 Å². The standard InChI is InChI=1S/C8H11NO2/c1-7(6-9-2)4-3-5-8(10)11/h6,9H,4H2,1-2H3,(H,10,11)/b7-6-. The van der Waals surface area contributed by atoms with E-state index >= 15 is 0 Å². The number of rotatable bonds is 2. The van der Waals surface area contributed by atoms with E-state index in [0.717, 1.165) is 5.57 Å². The Morgan fingerprint density at radius 3 is 2.82 bits per heavy atom. The first-order chi connectivity index (χ1) is 5.16. The van der Waals surface area contributed by atoms with Crippen LogP contribution in [0.1, 0.15) is 13.3 Å². The Labute approximate surface area is 66.1 Å². The fraction of sp³-hybridized carbons (Fsp3) is 0.375. The second-order valence-electron chi connectivity index (χ2n) is 2.06. The van der Waals surface area contributed by atoms with Crippen LogP contribution in [0, 0.1) is 11.8 Å². The van der Waals surface area contributed by atoms with E-state index in [-0.39, 0.29) is 0 Å². The Morgan fingerprint density at radius 1 is 1.73 bits per heavy atom. The average Bonchev–Trinajstić information content (AvgIpc) is 1.87. The molecule has 0 bridgehead atoms. The predicted octanol–water partition coefficient (Wildman–Crippen LogP) is 0.588. The van der Waals surface area contributed by atoms with Crippen LogP contribution in [0.2, 0.25) is 0 Å². The van der Waals surface area contributed by atoms with Gasteiger partial charge in [0.2, 0.25) is 0 Å². The lowest BCUT2D eigenvalue weighted by Gasteiger charge is -1.91. The highest BCUT2D eigenvalue weighted by atomic mass is 16.4. The number of aliphatic carboxylic acids is 1. The van der Waals surface area contributed by atoms with Gasteiger partial charge < -0.3 is 10.4 Å². The Balaban J connectivity index is 3.81. The smallest absolute Gasteiger partial charge is 0.381 e. The fourth-order valence-corrected chi connectivity index (χ4v) is 0.557. The van der Waals surface area contributed by atoms with Crippen LogP contribution >= 0.6 is 0 Å². The molecule has 3 heteroatoms. The molecule has 60 valence electrons. The van der Waals surface area contributed by atoms with Crippen LogP contribution in [0.25, 0.3) is 0 Å². The normalized spacial score (nSPS) is 9.82. The summed E-state index contributed by atoms with van der Waals surface area (Å²) >= 11 is 0. The van der Waals surface area contributed by atoms with Gasteiger partial charge in [-0.15, -0.1) is 0 Å². The predicted molar refractivity (Wildman–Crippen MR) is 42.8 cm³/mol. The molecule has 0 saturated carbocycles. The zero-order chi connectivity index (χ0) is 8.69. The first kappa shape index (κ1) is 9.57. The third kappa shape index (κ3) is 6.46. The van der Waals surface area contributed by atoms with Crippen molar-refractivity contribution in [1.29, 1.82) is 0 Å². The first-order valence-corrected chi connectivity index (χ1v) is 3.21. The van der Waals surface area contributed by atoms with Crippen molar-refractivity contribution >= 4 is 5.97 Å². The third-order valence-corrected chi connectivity index (χ3v) is 0.953. The maximum absolute atomic E-state index is 9.93. The molecule has 0 aromatic rings. The summed E-state index contributed by atoms with van der Waals surface area (Å²) in [6, 6.07) is 0. The minimum atomic E-state index is -1.08. The van der Waals surface area contributed by atoms with Crippen molar-refractivity contribution in [3.63, 3.8) is 0 Å². The van der Waals surface area contributed by atoms with Crippen molar-refractivity contribution in [3.05, 3.63) is 11.8 Å². The van der Waals surface area contributed by atoms with Crippen LogP contribution in [0.3, 0.4) is 0 Å². The number of carboxylic acids is 1. The second-order valence-corrected chi connectivity index (χ2v) is 2.06. The molecule has 0 aliphatic carbocycles. The SMILES string of the molecule is CN/C=C(/C)CC#CC(=O)O. The van der Waals surface area contributed by atoms with Gasteiger partial charge in [0, 0.05) is 19.4 Å². The van der Waals surface area contributed by atoms with E-state index in [2.05, 4.69) is 11.2 Å². The third-order valence-electron chi connectivity index (χ3n) is 0.953. The van der Waals surface area contributed by atoms with Crippen molar-refractivity contribution in [2.24, 2.45) is 0 Å². The van der Waals surface area contributed by atoms with Crippen molar-refractivity contribution in [1.82, 2.24) is 5.32 Å². The molecule has 0 aliphatic rings. The van der Waals surface area contributed by atoms with E-state index in [9.17, 15) is 4.79 Å². The maximum atomic E-state index is 9.93. The Kier molecular flexibility index (Phi) is 4.67. The molecule has 0 amide bonds. The van der Waals surface area contributed by atoms with Crippen molar-refractivity contribution in [2.45, 2.75) is 13.3 Å². The number of hydrogen-bond acceptors (Lipinski definition) is 2. The van der Waals surface area contributed by atoms with Gasteiger partial charge in [-0.1, -0.05) is 5.92 Å². The Morgan fingerprint density at radius 2 is 2.36 bits per heavy atom. The van der Waals surface area contributed by atoms with Crippen LogP contribution in [-0.2, 0) is 4.79 Å². The van der Waals surface area contributed by atoms with E-state index in [1.54, 1.807) is 13.2 Å². The zero-order valence-electron chi connectivity index (χ0n) is 6.64. The fourth-order valence-electron chi connectivity index (χ4n) is 0.557. The van der Waals surface area contributed by atoms with Gasteiger partial charge in [0.1, 0.15) is 0 Å². The molecule has 0 radical (unpaired) electrons. The largest absolute Gasteiger partial charge is 0.472 e. The van der Waals surface area contributed by atoms with Gasteiger partial charge in [0.15, 0.2) is 0 Å². The molecule has 11 heavy (non-hydrogen) atoms. The van der Waals surface area contributed by atoms with Crippen LogP contribution in [-0.4, -0.2) is 18.1 Å². The molecule has 0 spiro atoms. The lowest BCUT2D eigenvalue weighted by atomic mass is 10.2. The van der Waals surface area contributed by atoms with Gasteiger partial charge in [-0.05, 0) is 18.7 Å². The lowest BCUT2D eigenvalue weighted by Crippen LogP contribution is -1.94. The molecule has 0 rings (SSSR count). The topological polar surface area (TPSA) is 49.3 Å². The summed E-state index contributed by atoms with van der Waals surface area (Å²) in [7, 11) is 1.79. The average molecular weight is 153 g/mol. The van der Waals surface area contributed by atoms with E-state index in [4.69, 9.17) is 5.11 Å². The summed E-state index contributed by atoms with van der Waals surface area (Å²) in [4.78, 5) is 9.93. The molecule has 0 unspecified atom stereocenters. The molecule has 2 N–H and O–H groups in total. The van der Waals surface area contributed by atoms with Crippen molar-refractivity contribution in [2.75, 3.05) is 7.05 Å². The van der Waals surface area contributed by atoms with Crippen LogP contribution < -0.4 is 5.32 Å². The maximum Gasteiger partial charge on any atom is 0.381 e. The molecule has 0 aromatic heterocycles. The summed E-state index contributed by atoms with van der Waals surface area (Å²) in [5.41, 5.74) is 1.02. The highest BCUT2D eigenvalue weighted by Gasteiger charge is 1.85. The first-order valence-electron chi connectivity index (χ1n) is 3.21. The van der Waals surface area contributed by atoms with E-state index < -0.39 is 5.97 Å². The molecule has 0 heterocycles. The van der Waals surface area contributed by atoms with Gasteiger partial charge >= 0.3 is 5.97 Å². The number of nitrogens with one attached hydrogen (secondary N) is 1. The van der Waals surface area contributed by atoms with Gasteiger partial charge in [0.05, 0.1) is 0 Å². The Hall–Kier alpha value is -1.43. The zero-order valence-corrected chi connectivity index (χ0v) is 6.64. The van der Waals surface area contributed by atoms with Crippen molar-refractivity contribution < 1.29 is 9.90 Å². The molecule has 0 aliphatic heterocycles. The highest BCUT2D eigenvalue weighted by molar-refractivity contribution is 5.86. The summed E-state index contributed by atoms with van der Waals surface area (Å²) in [6.45, 7) is 1.88. The second kappa shape index (κ2) is 5.36. The number of carboxylic acid groups (broad SMARTS) is 1. The molecular weight excluding hydrogens is 142 g/mol. The number of carbonyl (C=O) groups is 1. The molecule has 0 atom stereocenters. The minimum Gasteiger partial charge on any atom is -0.472 e. The molecule has 0 aromatic carbocycles. The van der Waals surface area contributed by atoms with E-state index in [1.165, 1.54) is 0 Å².